The van der Waals surface area contributed by atoms with E-state index in [2.05, 4.69) is 41.1 Å². The Labute approximate surface area is 160 Å². The SMILES string of the molecule is COC(=O)[C@@]12C[C@H]3C[C@H](C(C)OC)[C@@H]1N(CCc1c2[nH]c2ccccc12)C3. The number of methoxy groups -OCH3 is 2. The summed E-state index contributed by atoms with van der Waals surface area (Å²) in [6, 6.07) is 8.55. The minimum absolute atomic E-state index is 0.0927. The number of benzene rings is 1. The number of carbonyl (C=O) groups is 1. The topological polar surface area (TPSA) is 54.6 Å². The van der Waals surface area contributed by atoms with Crippen LogP contribution in [0.5, 0.6) is 0 Å². The molecule has 4 aliphatic rings. The molecule has 4 bridgehead atoms. The summed E-state index contributed by atoms with van der Waals surface area (Å²) in [5.74, 6) is 0.734. The van der Waals surface area contributed by atoms with Crippen LogP contribution in [0, 0.1) is 11.8 Å². The van der Waals surface area contributed by atoms with Crippen LogP contribution in [-0.2, 0) is 26.1 Å². The molecule has 27 heavy (non-hydrogen) atoms. The molecule has 1 aliphatic carbocycles. The molecule has 2 aromatic rings. The third-order valence-corrected chi connectivity index (χ3v) is 7.45. The van der Waals surface area contributed by atoms with Crippen molar-refractivity contribution in [3.05, 3.63) is 35.5 Å². The fraction of sp³-hybridized carbons (Fsp3) is 0.591. The van der Waals surface area contributed by atoms with Crippen molar-refractivity contribution in [3.8, 4) is 0 Å². The van der Waals surface area contributed by atoms with Crippen LogP contribution in [0.4, 0.5) is 0 Å². The maximum absolute atomic E-state index is 13.4. The van der Waals surface area contributed by atoms with E-state index in [9.17, 15) is 4.79 Å². The number of H-pyrrole nitrogens is 1. The van der Waals surface area contributed by atoms with Crippen molar-refractivity contribution in [2.75, 3.05) is 27.3 Å². The number of aromatic amines is 1. The van der Waals surface area contributed by atoms with Gasteiger partial charge in [0.15, 0.2) is 0 Å². The minimum Gasteiger partial charge on any atom is -0.468 e. The van der Waals surface area contributed by atoms with Crippen LogP contribution in [0.25, 0.3) is 10.9 Å². The van der Waals surface area contributed by atoms with E-state index in [0.717, 1.165) is 43.6 Å². The van der Waals surface area contributed by atoms with Crippen molar-refractivity contribution < 1.29 is 14.3 Å². The van der Waals surface area contributed by atoms with E-state index in [1.807, 2.05) is 0 Å². The van der Waals surface area contributed by atoms with Crippen molar-refractivity contribution in [2.24, 2.45) is 11.8 Å². The molecule has 1 saturated carbocycles. The molecule has 1 aromatic heterocycles. The van der Waals surface area contributed by atoms with Gasteiger partial charge in [0, 0.05) is 48.8 Å². The molecule has 0 amide bonds. The molecule has 5 heteroatoms. The maximum atomic E-state index is 13.4. The Kier molecular flexibility index (Phi) is 3.89. The van der Waals surface area contributed by atoms with Crippen molar-refractivity contribution in [1.82, 2.24) is 9.88 Å². The van der Waals surface area contributed by atoms with Crippen LogP contribution >= 0.6 is 0 Å². The monoisotopic (exact) mass is 368 g/mol. The summed E-state index contributed by atoms with van der Waals surface area (Å²) in [7, 11) is 3.32. The number of aromatic nitrogens is 1. The molecule has 1 aromatic carbocycles. The highest BCUT2D eigenvalue weighted by Crippen LogP contribution is 2.55. The molecular formula is C22H28N2O3. The average molecular weight is 368 g/mol. The number of esters is 1. The van der Waals surface area contributed by atoms with E-state index in [0.29, 0.717) is 11.8 Å². The predicted octanol–water partition coefficient (Wildman–Crippen LogP) is 2.88. The van der Waals surface area contributed by atoms with E-state index in [1.54, 1.807) is 7.11 Å². The number of nitrogens with zero attached hydrogens (tertiary/aromatic N) is 1. The lowest BCUT2D eigenvalue weighted by molar-refractivity contribution is -0.167. The number of nitrogens with one attached hydrogen (secondary N) is 1. The lowest BCUT2D eigenvalue weighted by atomic mass is 9.56. The Morgan fingerprint density at radius 2 is 2.15 bits per heavy atom. The molecule has 0 radical (unpaired) electrons. The quantitative estimate of drug-likeness (QED) is 0.847. The lowest BCUT2D eigenvalue weighted by Crippen LogP contribution is -2.69. The zero-order valence-corrected chi connectivity index (χ0v) is 16.3. The number of rotatable bonds is 3. The molecule has 2 saturated heterocycles. The molecular weight excluding hydrogens is 340 g/mol. The van der Waals surface area contributed by atoms with Crippen LogP contribution in [0.15, 0.2) is 24.3 Å². The molecule has 4 heterocycles. The van der Waals surface area contributed by atoms with Crippen LogP contribution < -0.4 is 0 Å². The summed E-state index contributed by atoms with van der Waals surface area (Å²) in [6.07, 6.45) is 3.09. The molecule has 2 unspecified atom stereocenters. The third-order valence-electron chi connectivity index (χ3n) is 7.45. The van der Waals surface area contributed by atoms with Gasteiger partial charge in [-0.1, -0.05) is 18.2 Å². The Morgan fingerprint density at radius 1 is 1.33 bits per heavy atom. The Bertz CT molecular complexity index is 891. The van der Waals surface area contributed by atoms with Gasteiger partial charge in [-0.25, -0.2) is 0 Å². The van der Waals surface area contributed by atoms with Gasteiger partial charge >= 0.3 is 5.97 Å². The number of para-hydroxylation sites is 1. The lowest BCUT2D eigenvalue weighted by Gasteiger charge is -2.58. The summed E-state index contributed by atoms with van der Waals surface area (Å²) in [5.41, 5.74) is 2.89. The molecule has 3 fully saturated rings. The summed E-state index contributed by atoms with van der Waals surface area (Å²) in [5, 5.41) is 1.25. The summed E-state index contributed by atoms with van der Waals surface area (Å²) >= 11 is 0. The van der Waals surface area contributed by atoms with Crippen molar-refractivity contribution in [3.63, 3.8) is 0 Å². The highest BCUT2D eigenvalue weighted by atomic mass is 16.5. The number of hydrogen-bond donors (Lipinski definition) is 1. The van der Waals surface area contributed by atoms with Crippen LogP contribution in [0.3, 0.4) is 0 Å². The Balaban J connectivity index is 1.77. The second kappa shape index (κ2) is 6.08. The van der Waals surface area contributed by atoms with Gasteiger partial charge in [-0.15, -0.1) is 0 Å². The van der Waals surface area contributed by atoms with Gasteiger partial charge in [-0.2, -0.15) is 0 Å². The van der Waals surface area contributed by atoms with Crippen molar-refractivity contribution in [2.45, 2.75) is 43.7 Å². The molecule has 144 valence electrons. The first-order valence-electron chi connectivity index (χ1n) is 10.1. The summed E-state index contributed by atoms with van der Waals surface area (Å²) < 4.78 is 11.2. The molecule has 3 aliphatic heterocycles. The van der Waals surface area contributed by atoms with Gasteiger partial charge < -0.3 is 14.5 Å². The van der Waals surface area contributed by atoms with E-state index in [-0.39, 0.29) is 18.1 Å². The summed E-state index contributed by atoms with van der Waals surface area (Å²) in [6.45, 7) is 4.22. The third kappa shape index (κ3) is 2.21. The molecule has 6 atom stereocenters. The molecule has 0 spiro atoms. The van der Waals surface area contributed by atoms with Gasteiger partial charge in [0.2, 0.25) is 0 Å². The van der Waals surface area contributed by atoms with E-state index >= 15 is 0 Å². The first-order chi connectivity index (χ1) is 13.1. The fourth-order valence-electron chi connectivity index (χ4n) is 6.39. The van der Waals surface area contributed by atoms with Crippen LogP contribution in [0.2, 0.25) is 0 Å². The van der Waals surface area contributed by atoms with E-state index in [1.165, 1.54) is 18.1 Å². The first kappa shape index (κ1) is 17.3. The second-order valence-electron chi connectivity index (χ2n) is 8.59. The highest BCUT2D eigenvalue weighted by molar-refractivity contribution is 5.91. The zero-order chi connectivity index (χ0) is 18.8. The van der Waals surface area contributed by atoms with Crippen LogP contribution in [-0.4, -0.2) is 55.3 Å². The highest BCUT2D eigenvalue weighted by Gasteiger charge is 2.63. The molecule has 6 rings (SSSR count). The number of ether oxygens (including phenoxy) is 2. The van der Waals surface area contributed by atoms with Gasteiger partial charge in [0.25, 0.3) is 0 Å². The first-order valence-corrected chi connectivity index (χ1v) is 10.1. The average Bonchev–Trinajstić information content (AvgIpc) is 3.05. The smallest absolute Gasteiger partial charge is 0.319 e. The van der Waals surface area contributed by atoms with E-state index < -0.39 is 5.41 Å². The zero-order valence-electron chi connectivity index (χ0n) is 16.3. The Hall–Kier alpha value is -1.85. The normalized spacial score (nSPS) is 35.5. The molecule has 5 nitrogen and oxygen atoms in total. The molecule has 1 N–H and O–H groups in total. The van der Waals surface area contributed by atoms with Crippen molar-refractivity contribution in [1.29, 1.82) is 0 Å². The van der Waals surface area contributed by atoms with Gasteiger partial charge in [0.05, 0.1) is 13.2 Å². The maximum Gasteiger partial charge on any atom is 0.319 e. The van der Waals surface area contributed by atoms with E-state index in [4.69, 9.17) is 9.47 Å². The second-order valence-corrected chi connectivity index (χ2v) is 8.59. The van der Waals surface area contributed by atoms with Gasteiger partial charge in [0.1, 0.15) is 5.41 Å². The predicted molar refractivity (Wildman–Crippen MR) is 104 cm³/mol. The van der Waals surface area contributed by atoms with Crippen molar-refractivity contribution >= 4 is 16.9 Å². The number of carbonyl (C=O) groups excluding carboxylic acids is 1. The van der Waals surface area contributed by atoms with Gasteiger partial charge in [-0.3, -0.25) is 9.69 Å². The number of piperidine rings is 2. The Morgan fingerprint density at radius 3 is 2.93 bits per heavy atom. The minimum atomic E-state index is -0.627. The standard InChI is InChI=1S/C22H28N2O3/c1-13(26-2)17-10-14-11-22(21(25)27-3)19-16(8-9-24(12-14)20(17)22)15-6-4-5-7-18(15)23-19/h4-7,13-14,17,20,23H,8-12H2,1-3H3/t13?,14-,17-,20+,22-/m1/s1. The van der Waals surface area contributed by atoms with Crippen LogP contribution in [0.1, 0.15) is 31.0 Å². The fourth-order valence-corrected chi connectivity index (χ4v) is 6.39. The number of hydrogen-bond acceptors (Lipinski definition) is 4. The summed E-state index contributed by atoms with van der Waals surface area (Å²) in [4.78, 5) is 19.6. The number of fused-ring (bicyclic) bond motifs is 4. The largest absolute Gasteiger partial charge is 0.468 e. The van der Waals surface area contributed by atoms with Gasteiger partial charge in [-0.05, 0) is 43.7 Å².